The van der Waals surface area contributed by atoms with Crippen molar-refractivity contribution in [2.45, 2.75) is 46.6 Å². The van der Waals surface area contributed by atoms with Crippen molar-refractivity contribution in [3.05, 3.63) is 40.4 Å². The maximum Gasteiger partial charge on any atom is 0.266 e. The van der Waals surface area contributed by atoms with Crippen molar-refractivity contribution in [2.75, 3.05) is 5.32 Å². The number of hydrogen-bond acceptors (Lipinski definition) is 4. The number of rotatable bonds is 5. The van der Waals surface area contributed by atoms with Gasteiger partial charge in [-0.05, 0) is 43.9 Å². The van der Waals surface area contributed by atoms with Crippen LogP contribution in [0, 0.1) is 13.8 Å². The molecule has 5 heteroatoms. The molecule has 0 spiro atoms. The van der Waals surface area contributed by atoms with Gasteiger partial charge in [-0.25, -0.2) is 4.98 Å². The molecule has 2 rings (SSSR count). The third kappa shape index (κ3) is 4.07. The molecule has 0 saturated heterocycles. The van der Waals surface area contributed by atoms with E-state index in [-0.39, 0.29) is 5.91 Å². The highest BCUT2D eigenvalue weighted by molar-refractivity contribution is 7.13. The molecule has 1 amide bonds. The van der Waals surface area contributed by atoms with E-state index in [0.29, 0.717) is 11.0 Å². The summed E-state index contributed by atoms with van der Waals surface area (Å²) in [5.74, 6) is 0.922. The standard InChI is InChI=1S/C17H22N2O2S/c1-10(2)14-7-6-11(3)8-15(14)21-13(5)16(20)19-17-18-12(4)9-22-17/h6-10,13H,1-5H3,(H,18,19,20). The van der Waals surface area contributed by atoms with Crippen molar-refractivity contribution in [3.8, 4) is 5.75 Å². The fourth-order valence-electron chi connectivity index (χ4n) is 2.08. The predicted octanol–water partition coefficient (Wildman–Crippen LogP) is 4.29. The molecular weight excluding hydrogens is 296 g/mol. The Kier molecular flexibility index (Phi) is 5.19. The highest BCUT2D eigenvalue weighted by Crippen LogP contribution is 2.28. The summed E-state index contributed by atoms with van der Waals surface area (Å²) in [6, 6.07) is 6.10. The molecule has 0 saturated carbocycles. The Hall–Kier alpha value is -1.88. The molecule has 0 aliphatic carbocycles. The molecule has 1 aromatic heterocycles. The lowest BCUT2D eigenvalue weighted by molar-refractivity contribution is -0.122. The summed E-state index contributed by atoms with van der Waals surface area (Å²) >= 11 is 1.41. The first-order valence-corrected chi connectivity index (χ1v) is 8.25. The summed E-state index contributed by atoms with van der Waals surface area (Å²) in [5.41, 5.74) is 3.12. The van der Waals surface area contributed by atoms with Crippen molar-refractivity contribution < 1.29 is 9.53 Å². The van der Waals surface area contributed by atoms with Crippen LogP contribution in [0.4, 0.5) is 5.13 Å². The Balaban J connectivity index is 2.09. The van der Waals surface area contributed by atoms with Gasteiger partial charge in [-0.3, -0.25) is 10.1 Å². The fourth-order valence-corrected chi connectivity index (χ4v) is 2.77. The van der Waals surface area contributed by atoms with Crippen LogP contribution >= 0.6 is 11.3 Å². The molecule has 1 atom stereocenters. The van der Waals surface area contributed by atoms with Crippen LogP contribution in [-0.2, 0) is 4.79 Å². The number of ether oxygens (including phenoxy) is 1. The molecule has 118 valence electrons. The van der Waals surface area contributed by atoms with Crippen LogP contribution in [0.25, 0.3) is 0 Å². The van der Waals surface area contributed by atoms with Gasteiger partial charge in [0.2, 0.25) is 0 Å². The van der Waals surface area contributed by atoms with E-state index in [1.165, 1.54) is 11.3 Å². The Labute approximate surface area is 135 Å². The highest BCUT2D eigenvalue weighted by Gasteiger charge is 2.18. The Morgan fingerprint density at radius 1 is 1.27 bits per heavy atom. The minimum Gasteiger partial charge on any atom is -0.481 e. The number of anilines is 1. The summed E-state index contributed by atoms with van der Waals surface area (Å²) in [6.45, 7) is 9.89. The molecule has 0 bridgehead atoms. The van der Waals surface area contributed by atoms with Gasteiger partial charge in [0.15, 0.2) is 11.2 Å². The number of benzene rings is 1. The smallest absolute Gasteiger partial charge is 0.266 e. The van der Waals surface area contributed by atoms with Crippen molar-refractivity contribution in [1.29, 1.82) is 0 Å². The zero-order valence-corrected chi connectivity index (χ0v) is 14.5. The Morgan fingerprint density at radius 3 is 2.59 bits per heavy atom. The first-order valence-electron chi connectivity index (χ1n) is 7.37. The lowest BCUT2D eigenvalue weighted by Crippen LogP contribution is -2.30. The fraction of sp³-hybridized carbons (Fsp3) is 0.412. The second kappa shape index (κ2) is 6.92. The van der Waals surface area contributed by atoms with E-state index in [1.807, 2.05) is 25.3 Å². The Bertz CT molecular complexity index is 664. The van der Waals surface area contributed by atoms with Gasteiger partial charge in [0, 0.05) is 5.38 Å². The van der Waals surface area contributed by atoms with Gasteiger partial charge < -0.3 is 4.74 Å². The first-order chi connectivity index (χ1) is 10.4. The number of thiazole rings is 1. The van der Waals surface area contributed by atoms with Gasteiger partial charge in [0.05, 0.1) is 5.69 Å². The number of carbonyl (C=O) groups is 1. The minimum absolute atomic E-state index is 0.189. The monoisotopic (exact) mass is 318 g/mol. The summed E-state index contributed by atoms with van der Waals surface area (Å²) in [7, 11) is 0. The zero-order valence-electron chi connectivity index (χ0n) is 13.6. The van der Waals surface area contributed by atoms with Crippen LogP contribution in [0.1, 0.15) is 43.5 Å². The summed E-state index contributed by atoms with van der Waals surface area (Å²) in [4.78, 5) is 16.5. The topological polar surface area (TPSA) is 51.2 Å². The third-order valence-corrected chi connectivity index (χ3v) is 4.19. The Morgan fingerprint density at radius 2 is 2.00 bits per heavy atom. The number of carbonyl (C=O) groups excluding carboxylic acids is 1. The number of amides is 1. The molecule has 0 aliphatic rings. The third-order valence-electron chi connectivity index (χ3n) is 3.31. The van der Waals surface area contributed by atoms with Gasteiger partial charge in [-0.15, -0.1) is 11.3 Å². The second-order valence-corrected chi connectivity index (χ2v) is 6.60. The number of aromatic nitrogens is 1. The number of aryl methyl sites for hydroxylation is 2. The maximum atomic E-state index is 12.2. The lowest BCUT2D eigenvalue weighted by atomic mass is 10.0. The van der Waals surface area contributed by atoms with E-state index in [9.17, 15) is 4.79 Å². The largest absolute Gasteiger partial charge is 0.481 e. The van der Waals surface area contributed by atoms with Gasteiger partial charge in [-0.2, -0.15) is 0 Å². The van der Waals surface area contributed by atoms with E-state index in [0.717, 1.165) is 22.6 Å². The first kappa shape index (κ1) is 16.5. The number of nitrogens with zero attached hydrogens (tertiary/aromatic N) is 1. The van der Waals surface area contributed by atoms with Gasteiger partial charge in [0.25, 0.3) is 5.91 Å². The molecule has 1 unspecified atom stereocenters. The predicted molar refractivity (Wildman–Crippen MR) is 90.8 cm³/mol. The van der Waals surface area contributed by atoms with Crippen molar-refractivity contribution >= 4 is 22.4 Å². The molecule has 0 radical (unpaired) electrons. The lowest BCUT2D eigenvalue weighted by Gasteiger charge is -2.19. The van der Waals surface area contributed by atoms with E-state index in [2.05, 4.69) is 36.3 Å². The van der Waals surface area contributed by atoms with Crippen LogP contribution in [0.2, 0.25) is 0 Å². The van der Waals surface area contributed by atoms with E-state index in [4.69, 9.17) is 4.74 Å². The van der Waals surface area contributed by atoms with Crippen LogP contribution in [0.15, 0.2) is 23.6 Å². The normalized spacial score (nSPS) is 12.3. The van der Waals surface area contributed by atoms with Crippen molar-refractivity contribution in [1.82, 2.24) is 4.98 Å². The molecule has 0 fully saturated rings. The maximum absolute atomic E-state index is 12.2. The average molecular weight is 318 g/mol. The molecule has 1 heterocycles. The van der Waals surface area contributed by atoms with Gasteiger partial charge in [0.1, 0.15) is 5.75 Å². The van der Waals surface area contributed by atoms with Crippen LogP contribution in [0.5, 0.6) is 5.75 Å². The van der Waals surface area contributed by atoms with Crippen molar-refractivity contribution in [3.63, 3.8) is 0 Å². The molecule has 4 nitrogen and oxygen atoms in total. The van der Waals surface area contributed by atoms with Gasteiger partial charge >= 0.3 is 0 Å². The van der Waals surface area contributed by atoms with Crippen molar-refractivity contribution in [2.24, 2.45) is 0 Å². The summed E-state index contributed by atoms with van der Waals surface area (Å²) in [6.07, 6.45) is -0.580. The molecular formula is C17H22N2O2S. The SMILES string of the molecule is Cc1ccc(C(C)C)c(OC(C)C(=O)Nc2nc(C)cs2)c1. The molecule has 2 aromatic rings. The van der Waals surface area contributed by atoms with Crippen LogP contribution in [0.3, 0.4) is 0 Å². The van der Waals surface area contributed by atoms with Gasteiger partial charge in [-0.1, -0.05) is 26.0 Å². The average Bonchev–Trinajstić information content (AvgIpc) is 2.83. The summed E-state index contributed by atoms with van der Waals surface area (Å²) in [5, 5.41) is 5.29. The highest BCUT2D eigenvalue weighted by atomic mass is 32.1. The second-order valence-electron chi connectivity index (χ2n) is 5.74. The zero-order chi connectivity index (χ0) is 16.3. The van der Waals surface area contributed by atoms with E-state index < -0.39 is 6.10 Å². The van der Waals surface area contributed by atoms with E-state index in [1.54, 1.807) is 6.92 Å². The molecule has 0 aliphatic heterocycles. The molecule has 1 N–H and O–H groups in total. The van der Waals surface area contributed by atoms with Crippen LogP contribution < -0.4 is 10.1 Å². The summed E-state index contributed by atoms with van der Waals surface area (Å²) < 4.78 is 5.89. The van der Waals surface area contributed by atoms with Crippen LogP contribution in [-0.4, -0.2) is 17.0 Å². The minimum atomic E-state index is -0.580. The number of hydrogen-bond donors (Lipinski definition) is 1. The van der Waals surface area contributed by atoms with E-state index >= 15 is 0 Å². The number of nitrogens with one attached hydrogen (secondary N) is 1. The molecule has 22 heavy (non-hydrogen) atoms. The molecule has 1 aromatic carbocycles. The quantitative estimate of drug-likeness (QED) is 0.894.